The molecule has 0 bridgehead atoms. The molecule has 8 heteroatoms. The Morgan fingerprint density at radius 3 is 2.71 bits per heavy atom. The topological polar surface area (TPSA) is 88.2 Å². The molecule has 1 amide bonds. The van der Waals surface area contributed by atoms with E-state index >= 15 is 0 Å². The number of benzene rings is 1. The number of sulfonamides is 1. The summed E-state index contributed by atoms with van der Waals surface area (Å²) < 4.78 is 26.0. The van der Waals surface area contributed by atoms with Crippen molar-refractivity contribution < 1.29 is 13.2 Å². The molecule has 2 N–H and O–H groups in total. The van der Waals surface area contributed by atoms with Crippen LogP contribution in [0.25, 0.3) is 6.08 Å². The van der Waals surface area contributed by atoms with Crippen molar-refractivity contribution >= 4 is 33.3 Å². The van der Waals surface area contributed by atoms with Gasteiger partial charge in [-0.1, -0.05) is 30.3 Å². The quantitative estimate of drug-likeness (QED) is 0.749. The Kier molecular flexibility index (Phi) is 6.65. The number of hydrogen-bond acceptors (Lipinski definition) is 5. The molecule has 6 nitrogen and oxygen atoms in total. The Balaban J connectivity index is 1.72. The minimum absolute atomic E-state index is 0.0458. The van der Waals surface area contributed by atoms with Crippen LogP contribution in [-0.2, 0) is 21.4 Å². The van der Waals surface area contributed by atoms with Crippen molar-refractivity contribution in [3.8, 4) is 0 Å². The molecule has 1 aromatic carbocycles. The molecule has 0 saturated heterocycles. The molecule has 2 rings (SSSR count). The van der Waals surface area contributed by atoms with Gasteiger partial charge in [-0.25, -0.2) is 18.1 Å². The molecule has 0 radical (unpaired) electrons. The maximum Gasteiger partial charge on any atom is 0.233 e. The van der Waals surface area contributed by atoms with Crippen molar-refractivity contribution in [1.82, 2.24) is 15.0 Å². The number of nitrogens with one attached hydrogen (secondary N) is 2. The van der Waals surface area contributed by atoms with E-state index in [2.05, 4.69) is 15.0 Å². The monoisotopic (exact) mass is 365 g/mol. The highest BCUT2D eigenvalue weighted by molar-refractivity contribution is 7.92. The van der Waals surface area contributed by atoms with Crippen molar-refractivity contribution in [2.75, 3.05) is 6.54 Å². The van der Waals surface area contributed by atoms with Crippen LogP contribution in [0.15, 0.2) is 41.1 Å². The molecule has 1 heterocycles. The fraction of sp³-hybridized carbons (Fsp3) is 0.250. The zero-order valence-corrected chi connectivity index (χ0v) is 14.9. The second kappa shape index (κ2) is 8.72. The van der Waals surface area contributed by atoms with Gasteiger partial charge in [0, 0.05) is 29.4 Å². The molecule has 0 aliphatic heterocycles. The second-order valence-corrected chi connectivity index (χ2v) is 7.66. The van der Waals surface area contributed by atoms with Gasteiger partial charge in [0.1, 0.15) is 5.01 Å². The molecule has 0 aliphatic rings. The SMILES string of the molecule is Cc1csc(CNC(=O)CCNS(=O)(=O)/C=C\c2ccccc2)n1. The van der Waals surface area contributed by atoms with Crippen LogP contribution < -0.4 is 10.0 Å². The van der Waals surface area contributed by atoms with Crippen molar-refractivity contribution in [2.24, 2.45) is 0 Å². The highest BCUT2D eigenvalue weighted by atomic mass is 32.2. The molecule has 2 aromatic rings. The zero-order valence-electron chi connectivity index (χ0n) is 13.2. The van der Waals surface area contributed by atoms with E-state index in [0.717, 1.165) is 21.7 Å². The van der Waals surface area contributed by atoms with Gasteiger partial charge in [-0.3, -0.25) is 4.79 Å². The number of nitrogens with zero attached hydrogens (tertiary/aromatic N) is 1. The summed E-state index contributed by atoms with van der Waals surface area (Å²) in [5.41, 5.74) is 1.71. The Labute approximate surface area is 145 Å². The van der Waals surface area contributed by atoms with Crippen LogP contribution in [0.3, 0.4) is 0 Å². The predicted octanol–water partition coefficient (Wildman–Crippen LogP) is 2.05. The third kappa shape index (κ3) is 6.61. The lowest BCUT2D eigenvalue weighted by molar-refractivity contribution is -0.121. The number of aromatic nitrogens is 1. The normalized spacial score (nSPS) is 11.7. The predicted molar refractivity (Wildman–Crippen MR) is 95.7 cm³/mol. The second-order valence-electron chi connectivity index (χ2n) is 5.06. The van der Waals surface area contributed by atoms with Gasteiger partial charge in [0.15, 0.2) is 0 Å². The molecule has 0 unspecified atom stereocenters. The lowest BCUT2D eigenvalue weighted by Gasteiger charge is -2.04. The van der Waals surface area contributed by atoms with E-state index < -0.39 is 10.0 Å². The fourth-order valence-corrected chi connectivity index (χ4v) is 3.36. The maximum absolute atomic E-state index is 11.8. The molecular weight excluding hydrogens is 346 g/mol. The van der Waals surface area contributed by atoms with Gasteiger partial charge in [-0.05, 0) is 18.6 Å². The van der Waals surface area contributed by atoms with E-state index in [1.165, 1.54) is 17.4 Å². The first-order chi connectivity index (χ1) is 11.4. The van der Waals surface area contributed by atoms with Crippen LogP contribution in [-0.4, -0.2) is 25.9 Å². The van der Waals surface area contributed by atoms with Gasteiger partial charge in [-0.2, -0.15) is 0 Å². The number of carbonyl (C=O) groups excluding carboxylic acids is 1. The van der Waals surface area contributed by atoms with Gasteiger partial charge < -0.3 is 5.32 Å². The smallest absolute Gasteiger partial charge is 0.233 e. The first-order valence-electron chi connectivity index (χ1n) is 7.35. The number of carbonyl (C=O) groups is 1. The van der Waals surface area contributed by atoms with Crippen molar-refractivity contribution in [2.45, 2.75) is 19.9 Å². The van der Waals surface area contributed by atoms with E-state index in [0.29, 0.717) is 6.54 Å². The first-order valence-corrected chi connectivity index (χ1v) is 9.78. The summed E-state index contributed by atoms with van der Waals surface area (Å²) >= 11 is 1.48. The summed E-state index contributed by atoms with van der Waals surface area (Å²) in [5.74, 6) is -0.224. The van der Waals surface area contributed by atoms with Crippen molar-refractivity contribution in [3.05, 3.63) is 57.4 Å². The van der Waals surface area contributed by atoms with Gasteiger partial charge in [-0.15, -0.1) is 11.3 Å². The standard InChI is InChI=1S/C16H19N3O3S2/c1-13-12-23-16(19-13)11-17-15(20)7-9-18-24(21,22)10-8-14-5-3-2-4-6-14/h2-6,8,10,12,18H,7,9,11H2,1H3,(H,17,20)/b10-8-. The Morgan fingerprint density at radius 1 is 1.29 bits per heavy atom. The largest absolute Gasteiger partial charge is 0.350 e. The third-order valence-corrected chi connectivity index (χ3v) is 5.07. The molecule has 0 fully saturated rings. The van der Waals surface area contributed by atoms with E-state index in [1.54, 1.807) is 12.1 Å². The summed E-state index contributed by atoms with van der Waals surface area (Å²) in [7, 11) is -3.56. The van der Waals surface area contributed by atoms with Crippen molar-refractivity contribution in [1.29, 1.82) is 0 Å². The summed E-state index contributed by atoms with van der Waals surface area (Å²) in [6.45, 7) is 2.29. The minimum Gasteiger partial charge on any atom is -0.350 e. The molecule has 0 saturated carbocycles. The highest BCUT2D eigenvalue weighted by Crippen LogP contribution is 2.07. The fourth-order valence-electron chi connectivity index (χ4n) is 1.83. The van der Waals surface area contributed by atoms with E-state index in [-0.39, 0.29) is 18.9 Å². The lowest BCUT2D eigenvalue weighted by Crippen LogP contribution is -2.29. The average Bonchev–Trinajstić information content (AvgIpc) is 2.97. The van der Waals surface area contributed by atoms with E-state index in [9.17, 15) is 13.2 Å². The summed E-state index contributed by atoms with van der Waals surface area (Å²) in [6, 6.07) is 9.12. The van der Waals surface area contributed by atoms with Crippen LogP contribution in [0, 0.1) is 6.92 Å². The van der Waals surface area contributed by atoms with E-state index in [1.807, 2.05) is 30.5 Å². The van der Waals surface area contributed by atoms with Crippen LogP contribution in [0.4, 0.5) is 0 Å². The number of hydrogen-bond donors (Lipinski definition) is 2. The number of thiazole rings is 1. The summed E-state index contributed by atoms with van der Waals surface area (Å²) in [4.78, 5) is 15.9. The van der Waals surface area contributed by atoms with Crippen LogP contribution >= 0.6 is 11.3 Å². The first kappa shape index (κ1) is 18.3. The van der Waals surface area contributed by atoms with Gasteiger partial charge in [0.2, 0.25) is 15.9 Å². The van der Waals surface area contributed by atoms with Crippen LogP contribution in [0.5, 0.6) is 0 Å². The number of amides is 1. The highest BCUT2D eigenvalue weighted by Gasteiger charge is 2.08. The Morgan fingerprint density at radius 2 is 2.04 bits per heavy atom. The Bertz CT molecular complexity index is 799. The van der Waals surface area contributed by atoms with E-state index in [4.69, 9.17) is 0 Å². The van der Waals surface area contributed by atoms with Gasteiger partial charge >= 0.3 is 0 Å². The maximum atomic E-state index is 11.8. The van der Waals surface area contributed by atoms with Gasteiger partial charge in [0.05, 0.1) is 6.54 Å². The summed E-state index contributed by atoms with van der Waals surface area (Å²) in [5, 5.41) is 6.55. The molecule has 1 aromatic heterocycles. The van der Waals surface area contributed by atoms with Gasteiger partial charge in [0.25, 0.3) is 0 Å². The molecule has 0 atom stereocenters. The molecular formula is C16H19N3O3S2. The third-order valence-electron chi connectivity index (χ3n) is 3.00. The Hall–Kier alpha value is -2.03. The number of aryl methyl sites for hydroxylation is 1. The number of rotatable bonds is 8. The molecule has 0 spiro atoms. The summed E-state index contributed by atoms with van der Waals surface area (Å²) in [6.07, 6.45) is 1.58. The molecule has 0 aliphatic carbocycles. The average molecular weight is 365 g/mol. The lowest BCUT2D eigenvalue weighted by atomic mass is 10.2. The minimum atomic E-state index is -3.56. The van der Waals surface area contributed by atoms with Crippen LogP contribution in [0.2, 0.25) is 0 Å². The van der Waals surface area contributed by atoms with Crippen molar-refractivity contribution in [3.63, 3.8) is 0 Å². The zero-order chi connectivity index (χ0) is 17.4. The molecule has 128 valence electrons. The molecule has 24 heavy (non-hydrogen) atoms. The van der Waals surface area contributed by atoms with Crippen LogP contribution in [0.1, 0.15) is 22.7 Å².